The van der Waals surface area contributed by atoms with Gasteiger partial charge in [-0.15, -0.1) is 0 Å². The van der Waals surface area contributed by atoms with Crippen LogP contribution in [-0.2, 0) is 0 Å². The Kier molecular flexibility index (Phi) is 2.73. The Bertz CT molecular complexity index is 515. The van der Waals surface area contributed by atoms with E-state index in [9.17, 15) is 0 Å². The second kappa shape index (κ2) is 4.37. The Morgan fingerprint density at radius 1 is 1.35 bits per heavy atom. The molecule has 0 spiro atoms. The molecule has 2 aromatic rings. The van der Waals surface area contributed by atoms with Gasteiger partial charge in [0.1, 0.15) is 17.4 Å². The minimum atomic E-state index is 0.321. The van der Waals surface area contributed by atoms with E-state index in [-0.39, 0.29) is 0 Å². The molecule has 17 heavy (non-hydrogen) atoms. The first-order valence-corrected chi connectivity index (χ1v) is 6.06. The van der Waals surface area contributed by atoms with Crippen molar-refractivity contribution >= 4 is 11.1 Å². The molecule has 1 aromatic carbocycles. The predicted octanol–water partition coefficient (Wildman–Crippen LogP) is 2.27. The maximum atomic E-state index is 5.95. The molecular formula is C13H16N2O2. The van der Waals surface area contributed by atoms with E-state index >= 15 is 0 Å². The van der Waals surface area contributed by atoms with Crippen molar-refractivity contribution in [2.24, 2.45) is 0 Å². The van der Waals surface area contributed by atoms with Crippen LogP contribution in [0.15, 0.2) is 22.6 Å². The van der Waals surface area contributed by atoms with Gasteiger partial charge >= 0.3 is 0 Å². The van der Waals surface area contributed by atoms with Crippen LogP contribution in [0.1, 0.15) is 18.7 Å². The lowest BCUT2D eigenvalue weighted by Gasteiger charge is -2.23. The molecule has 0 unspecified atom stereocenters. The minimum absolute atomic E-state index is 0.321. The topological polar surface area (TPSA) is 47.3 Å². The molecule has 0 atom stereocenters. The molecule has 0 bridgehead atoms. The first-order chi connectivity index (χ1) is 8.31. The number of aryl methyl sites for hydroxylation is 1. The van der Waals surface area contributed by atoms with Crippen LogP contribution in [0.25, 0.3) is 11.1 Å². The number of oxazole rings is 1. The molecule has 0 amide bonds. The fourth-order valence-corrected chi connectivity index (χ4v) is 2.20. The van der Waals surface area contributed by atoms with Gasteiger partial charge in [-0.1, -0.05) is 0 Å². The van der Waals surface area contributed by atoms with Crippen molar-refractivity contribution in [3.05, 3.63) is 24.1 Å². The van der Waals surface area contributed by atoms with Crippen LogP contribution in [0.2, 0.25) is 0 Å². The smallest absolute Gasteiger partial charge is 0.192 e. The number of aromatic nitrogens is 1. The van der Waals surface area contributed by atoms with Crippen LogP contribution >= 0.6 is 0 Å². The molecule has 1 aromatic heterocycles. The van der Waals surface area contributed by atoms with Crippen molar-refractivity contribution in [2.75, 3.05) is 13.1 Å². The Morgan fingerprint density at radius 2 is 2.18 bits per heavy atom. The van der Waals surface area contributed by atoms with E-state index < -0.39 is 0 Å². The zero-order valence-corrected chi connectivity index (χ0v) is 9.90. The number of ether oxygens (including phenoxy) is 1. The van der Waals surface area contributed by atoms with E-state index in [4.69, 9.17) is 9.15 Å². The van der Waals surface area contributed by atoms with E-state index in [1.165, 1.54) is 0 Å². The Hall–Kier alpha value is -1.55. The lowest BCUT2D eigenvalue weighted by molar-refractivity contribution is 0.162. The van der Waals surface area contributed by atoms with Crippen molar-refractivity contribution < 1.29 is 9.15 Å². The minimum Gasteiger partial charge on any atom is -0.490 e. The van der Waals surface area contributed by atoms with E-state index in [0.717, 1.165) is 42.8 Å². The summed E-state index contributed by atoms with van der Waals surface area (Å²) in [7, 11) is 0. The van der Waals surface area contributed by atoms with E-state index in [2.05, 4.69) is 10.3 Å². The third-order valence-corrected chi connectivity index (χ3v) is 3.05. The van der Waals surface area contributed by atoms with Crippen LogP contribution in [0.3, 0.4) is 0 Å². The Labute approximate surface area is 100.0 Å². The number of piperidine rings is 1. The summed E-state index contributed by atoms with van der Waals surface area (Å²) in [6, 6.07) is 5.83. The number of nitrogens with one attached hydrogen (secondary N) is 1. The summed E-state index contributed by atoms with van der Waals surface area (Å²) in [6.07, 6.45) is 2.45. The lowest BCUT2D eigenvalue weighted by Crippen LogP contribution is -2.34. The van der Waals surface area contributed by atoms with E-state index in [1.807, 2.05) is 25.1 Å². The van der Waals surface area contributed by atoms with Gasteiger partial charge in [0.05, 0.1) is 0 Å². The number of nitrogens with zero attached hydrogens (tertiary/aromatic N) is 1. The quantitative estimate of drug-likeness (QED) is 0.862. The zero-order chi connectivity index (χ0) is 11.7. The molecule has 90 valence electrons. The molecule has 0 aliphatic carbocycles. The van der Waals surface area contributed by atoms with Gasteiger partial charge in [0.15, 0.2) is 11.5 Å². The molecule has 1 saturated heterocycles. The van der Waals surface area contributed by atoms with Crippen molar-refractivity contribution in [3.8, 4) is 5.75 Å². The van der Waals surface area contributed by atoms with Gasteiger partial charge < -0.3 is 14.5 Å². The molecule has 1 fully saturated rings. The van der Waals surface area contributed by atoms with Crippen LogP contribution in [0, 0.1) is 6.92 Å². The molecule has 4 nitrogen and oxygen atoms in total. The van der Waals surface area contributed by atoms with E-state index in [0.29, 0.717) is 12.0 Å². The van der Waals surface area contributed by atoms with Crippen molar-refractivity contribution in [1.82, 2.24) is 10.3 Å². The molecule has 1 aliphatic rings. The van der Waals surface area contributed by atoms with Crippen molar-refractivity contribution in [1.29, 1.82) is 0 Å². The SMILES string of the molecule is Cc1nc2cc(OC3CCNCC3)ccc2o1. The maximum Gasteiger partial charge on any atom is 0.192 e. The fraction of sp³-hybridized carbons (Fsp3) is 0.462. The Morgan fingerprint density at radius 3 is 3.00 bits per heavy atom. The van der Waals surface area contributed by atoms with Gasteiger partial charge in [-0.3, -0.25) is 0 Å². The second-order valence-corrected chi connectivity index (χ2v) is 4.43. The zero-order valence-electron chi connectivity index (χ0n) is 9.90. The highest BCUT2D eigenvalue weighted by atomic mass is 16.5. The number of rotatable bonds is 2. The van der Waals surface area contributed by atoms with Crippen LogP contribution in [0.5, 0.6) is 5.75 Å². The normalized spacial score (nSPS) is 17.5. The van der Waals surface area contributed by atoms with E-state index in [1.54, 1.807) is 0 Å². The molecule has 0 saturated carbocycles. The van der Waals surface area contributed by atoms with Gasteiger partial charge in [0.25, 0.3) is 0 Å². The lowest BCUT2D eigenvalue weighted by atomic mass is 10.1. The highest BCUT2D eigenvalue weighted by Gasteiger charge is 2.14. The summed E-state index contributed by atoms with van der Waals surface area (Å²) in [5.41, 5.74) is 1.69. The number of hydrogen-bond acceptors (Lipinski definition) is 4. The first-order valence-electron chi connectivity index (χ1n) is 6.06. The number of fused-ring (bicyclic) bond motifs is 1. The predicted molar refractivity (Wildman–Crippen MR) is 65.3 cm³/mol. The monoisotopic (exact) mass is 232 g/mol. The van der Waals surface area contributed by atoms with Crippen LogP contribution < -0.4 is 10.1 Å². The summed E-state index contributed by atoms with van der Waals surface area (Å²) >= 11 is 0. The van der Waals surface area contributed by atoms with Crippen LogP contribution in [-0.4, -0.2) is 24.2 Å². The summed E-state index contributed by atoms with van der Waals surface area (Å²) in [5.74, 6) is 1.58. The fourth-order valence-electron chi connectivity index (χ4n) is 2.20. The van der Waals surface area contributed by atoms with Crippen LogP contribution in [0.4, 0.5) is 0 Å². The first kappa shape index (κ1) is 10.6. The summed E-state index contributed by atoms with van der Waals surface area (Å²) < 4.78 is 11.4. The molecule has 4 heteroatoms. The number of benzene rings is 1. The average molecular weight is 232 g/mol. The van der Waals surface area contributed by atoms with Crippen molar-refractivity contribution in [2.45, 2.75) is 25.9 Å². The van der Waals surface area contributed by atoms with Gasteiger partial charge in [-0.25, -0.2) is 4.98 Å². The van der Waals surface area contributed by atoms with Gasteiger partial charge in [-0.2, -0.15) is 0 Å². The number of hydrogen-bond donors (Lipinski definition) is 1. The molecule has 3 rings (SSSR count). The van der Waals surface area contributed by atoms with Gasteiger partial charge in [-0.05, 0) is 38.1 Å². The molecule has 1 aliphatic heterocycles. The summed E-state index contributed by atoms with van der Waals surface area (Å²) in [5, 5.41) is 3.33. The third kappa shape index (κ3) is 2.26. The highest BCUT2D eigenvalue weighted by Crippen LogP contribution is 2.23. The molecule has 1 N–H and O–H groups in total. The second-order valence-electron chi connectivity index (χ2n) is 4.43. The molecular weight excluding hydrogens is 216 g/mol. The summed E-state index contributed by atoms with van der Waals surface area (Å²) in [4.78, 5) is 4.31. The summed E-state index contributed by atoms with van der Waals surface area (Å²) in [6.45, 7) is 3.93. The Balaban J connectivity index is 1.79. The van der Waals surface area contributed by atoms with Crippen molar-refractivity contribution in [3.63, 3.8) is 0 Å². The highest BCUT2D eigenvalue weighted by molar-refractivity contribution is 5.74. The molecule has 2 heterocycles. The largest absolute Gasteiger partial charge is 0.490 e. The average Bonchev–Trinajstić information content (AvgIpc) is 2.70. The maximum absolute atomic E-state index is 5.95. The van der Waals surface area contributed by atoms with Gasteiger partial charge in [0, 0.05) is 13.0 Å². The third-order valence-electron chi connectivity index (χ3n) is 3.05. The van der Waals surface area contributed by atoms with Gasteiger partial charge in [0.2, 0.25) is 0 Å². The molecule has 0 radical (unpaired) electrons. The standard InChI is InChI=1S/C13H16N2O2/c1-9-15-12-8-11(2-3-13(12)16-9)17-10-4-6-14-7-5-10/h2-3,8,10,14H,4-7H2,1H3.